The van der Waals surface area contributed by atoms with Crippen LogP contribution in [0.1, 0.15) is 24.1 Å². The summed E-state index contributed by atoms with van der Waals surface area (Å²) in [5.74, 6) is 0. The van der Waals surface area contributed by atoms with E-state index in [-0.39, 0.29) is 6.04 Å². The highest BCUT2D eigenvalue weighted by Gasteiger charge is 2.05. The molecule has 1 aromatic rings. The predicted octanol–water partition coefficient (Wildman–Crippen LogP) is 2.23. The molecule has 12 heavy (non-hydrogen) atoms. The maximum atomic E-state index is 8.73. The topological polar surface area (TPSA) is 49.8 Å². The van der Waals surface area contributed by atoms with Gasteiger partial charge in [-0.05, 0) is 24.6 Å². The summed E-state index contributed by atoms with van der Waals surface area (Å²) < 4.78 is 0. The molecule has 0 unspecified atom stereocenters. The third-order valence-electron chi connectivity index (χ3n) is 1.63. The van der Waals surface area contributed by atoms with Crippen molar-refractivity contribution in [2.45, 2.75) is 13.0 Å². The summed E-state index contributed by atoms with van der Waals surface area (Å²) in [5.41, 5.74) is 7.03. The third kappa shape index (κ3) is 1.76. The first-order chi connectivity index (χ1) is 5.65. The summed E-state index contributed by atoms with van der Waals surface area (Å²) in [4.78, 5) is 0. The highest BCUT2D eigenvalue weighted by molar-refractivity contribution is 6.30. The molecule has 0 aliphatic heterocycles. The van der Waals surface area contributed by atoms with Crippen LogP contribution in [0.2, 0.25) is 5.02 Å². The number of rotatable bonds is 1. The second-order valence-electron chi connectivity index (χ2n) is 2.63. The summed E-state index contributed by atoms with van der Waals surface area (Å²) in [6.45, 7) is 1.84. The molecule has 1 atom stereocenters. The van der Waals surface area contributed by atoms with E-state index in [0.717, 1.165) is 5.56 Å². The van der Waals surface area contributed by atoms with Crippen molar-refractivity contribution in [3.05, 3.63) is 34.3 Å². The average Bonchev–Trinajstić information content (AvgIpc) is 2.03. The lowest BCUT2D eigenvalue weighted by Crippen LogP contribution is -2.06. The molecule has 0 aliphatic rings. The number of nitrogens with zero attached hydrogens (tertiary/aromatic N) is 1. The van der Waals surface area contributed by atoms with Gasteiger partial charge in [-0.3, -0.25) is 0 Å². The van der Waals surface area contributed by atoms with Gasteiger partial charge in [0.2, 0.25) is 0 Å². The molecule has 0 amide bonds. The van der Waals surface area contributed by atoms with Crippen LogP contribution in [0.5, 0.6) is 0 Å². The van der Waals surface area contributed by atoms with Gasteiger partial charge in [0.25, 0.3) is 0 Å². The number of hydrogen-bond donors (Lipinski definition) is 1. The van der Waals surface area contributed by atoms with Crippen LogP contribution in [0.25, 0.3) is 0 Å². The van der Waals surface area contributed by atoms with Crippen LogP contribution in [0.15, 0.2) is 18.2 Å². The maximum absolute atomic E-state index is 8.73. The molecular formula is C9H9ClN2. The number of nitrogens with two attached hydrogens (primary N) is 1. The predicted molar refractivity (Wildman–Crippen MR) is 48.8 cm³/mol. The lowest BCUT2D eigenvalue weighted by Gasteiger charge is -2.07. The van der Waals surface area contributed by atoms with E-state index in [1.807, 2.05) is 6.92 Å². The second-order valence-corrected chi connectivity index (χ2v) is 3.07. The zero-order valence-electron chi connectivity index (χ0n) is 6.71. The summed E-state index contributed by atoms with van der Waals surface area (Å²) in [7, 11) is 0. The first-order valence-electron chi connectivity index (χ1n) is 3.60. The monoisotopic (exact) mass is 180 g/mol. The Kier molecular flexibility index (Phi) is 2.69. The van der Waals surface area contributed by atoms with E-state index in [0.29, 0.717) is 10.6 Å². The lowest BCUT2D eigenvalue weighted by atomic mass is 10.0. The molecule has 2 N–H and O–H groups in total. The first-order valence-corrected chi connectivity index (χ1v) is 3.98. The van der Waals surface area contributed by atoms with Crippen molar-refractivity contribution >= 4 is 11.6 Å². The van der Waals surface area contributed by atoms with E-state index in [1.165, 1.54) is 0 Å². The van der Waals surface area contributed by atoms with Crippen LogP contribution >= 0.6 is 11.6 Å². The van der Waals surface area contributed by atoms with Crippen LogP contribution < -0.4 is 5.73 Å². The van der Waals surface area contributed by atoms with Crippen LogP contribution in [-0.4, -0.2) is 0 Å². The Morgan fingerprint density at radius 2 is 2.25 bits per heavy atom. The number of halogens is 1. The average molecular weight is 181 g/mol. The Hall–Kier alpha value is -1.04. The molecule has 0 spiro atoms. The molecule has 0 aliphatic carbocycles. The number of hydrogen-bond acceptors (Lipinski definition) is 2. The molecule has 62 valence electrons. The van der Waals surface area contributed by atoms with Gasteiger partial charge in [-0.1, -0.05) is 17.7 Å². The minimum absolute atomic E-state index is 0.128. The SMILES string of the molecule is C[C@@H](N)c1ccc(Cl)cc1C#N. The minimum Gasteiger partial charge on any atom is -0.324 e. The van der Waals surface area contributed by atoms with Gasteiger partial charge in [0.05, 0.1) is 11.6 Å². The van der Waals surface area contributed by atoms with Gasteiger partial charge in [-0.2, -0.15) is 5.26 Å². The first kappa shape index (κ1) is 9.05. The molecule has 3 heteroatoms. The molecule has 1 rings (SSSR count). The second kappa shape index (κ2) is 3.57. The summed E-state index contributed by atoms with van der Waals surface area (Å²) >= 11 is 5.71. The van der Waals surface area contributed by atoms with E-state index >= 15 is 0 Å². The van der Waals surface area contributed by atoms with Crippen LogP contribution in [0.3, 0.4) is 0 Å². The number of benzene rings is 1. The summed E-state index contributed by atoms with van der Waals surface area (Å²) in [6.07, 6.45) is 0. The molecular weight excluding hydrogens is 172 g/mol. The fraction of sp³-hybridized carbons (Fsp3) is 0.222. The highest BCUT2D eigenvalue weighted by atomic mass is 35.5. The van der Waals surface area contributed by atoms with Crippen molar-refractivity contribution in [1.82, 2.24) is 0 Å². The van der Waals surface area contributed by atoms with E-state index in [1.54, 1.807) is 18.2 Å². The van der Waals surface area contributed by atoms with Crippen molar-refractivity contribution in [3.8, 4) is 6.07 Å². The smallest absolute Gasteiger partial charge is 0.0995 e. The number of nitriles is 1. The van der Waals surface area contributed by atoms with Gasteiger partial charge in [0.1, 0.15) is 0 Å². The van der Waals surface area contributed by atoms with Crippen LogP contribution in [0.4, 0.5) is 0 Å². The van der Waals surface area contributed by atoms with Crippen LogP contribution in [-0.2, 0) is 0 Å². The van der Waals surface area contributed by atoms with E-state index in [4.69, 9.17) is 22.6 Å². The molecule has 0 aromatic heterocycles. The van der Waals surface area contributed by atoms with Crippen molar-refractivity contribution in [2.75, 3.05) is 0 Å². The highest BCUT2D eigenvalue weighted by Crippen LogP contribution is 2.19. The summed E-state index contributed by atoms with van der Waals surface area (Å²) in [6, 6.07) is 7.07. The molecule has 0 heterocycles. The van der Waals surface area contributed by atoms with Gasteiger partial charge in [-0.25, -0.2) is 0 Å². The molecule has 0 bridgehead atoms. The maximum Gasteiger partial charge on any atom is 0.0995 e. The minimum atomic E-state index is -0.128. The fourth-order valence-electron chi connectivity index (χ4n) is 1.02. The van der Waals surface area contributed by atoms with Crippen molar-refractivity contribution in [2.24, 2.45) is 5.73 Å². The molecule has 2 nitrogen and oxygen atoms in total. The normalized spacial score (nSPS) is 12.2. The molecule has 0 saturated heterocycles. The molecule has 1 aromatic carbocycles. The van der Waals surface area contributed by atoms with E-state index in [9.17, 15) is 0 Å². The van der Waals surface area contributed by atoms with Gasteiger partial charge in [0, 0.05) is 11.1 Å². The van der Waals surface area contributed by atoms with Gasteiger partial charge >= 0.3 is 0 Å². The van der Waals surface area contributed by atoms with Crippen molar-refractivity contribution in [3.63, 3.8) is 0 Å². The van der Waals surface area contributed by atoms with Crippen LogP contribution in [0, 0.1) is 11.3 Å². The molecule has 0 radical (unpaired) electrons. The Bertz CT molecular complexity index is 326. The Labute approximate surface area is 76.6 Å². The van der Waals surface area contributed by atoms with Gasteiger partial charge < -0.3 is 5.73 Å². The summed E-state index contributed by atoms with van der Waals surface area (Å²) in [5, 5.41) is 9.29. The quantitative estimate of drug-likeness (QED) is 0.721. The zero-order chi connectivity index (χ0) is 9.14. The fourth-order valence-corrected chi connectivity index (χ4v) is 1.19. The lowest BCUT2D eigenvalue weighted by molar-refractivity contribution is 0.815. The van der Waals surface area contributed by atoms with Crippen molar-refractivity contribution in [1.29, 1.82) is 5.26 Å². The van der Waals surface area contributed by atoms with Gasteiger partial charge in [-0.15, -0.1) is 0 Å². The van der Waals surface area contributed by atoms with E-state index < -0.39 is 0 Å². The standard InChI is InChI=1S/C9H9ClN2/c1-6(12)9-3-2-8(10)4-7(9)5-11/h2-4,6H,12H2,1H3/t6-/m1/s1. The largest absolute Gasteiger partial charge is 0.324 e. The Morgan fingerprint density at radius 3 is 2.75 bits per heavy atom. The Morgan fingerprint density at radius 1 is 1.58 bits per heavy atom. The molecule has 0 fully saturated rings. The van der Waals surface area contributed by atoms with E-state index in [2.05, 4.69) is 6.07 Å². The zero-order valence-corrected chi connectivity index (χ0v) is 7.47. The Balaban J connectivity index is 3.23. The third-order valence-corrected chi connectivity index (χ3v) is 1.86. The molecule has 0 saturated carbocycles. The van der Waals surface area contributed by atoms with Crippen molar-refractivity contribution < 1.29 is 0 Å². The van der Waals surface area contributed by atoms with Gasteiger partial charge in [0.15, 0.2) is 0 Å².